The highest BCUT2D eigenvalue weighted by Crippen LogP contribution is 2.33. The van der Waals surface area contributed by atoms with E-state index >= 15 is 0 Å². The lowest BCUT2D eigenvalue weighted by atomic mass is 10.0. The van der Waals surface area contributed by atoms with Crippen LogP contribution in [0.2, 0.25) is 0 Å². The summed E-state index contributed by atoms with van der Waals surface area (Å²) >= 11 is 0. The van der Waals surface area contributed by atoms with Crippen LogP contribution in [0.15, 0.2) is 158 Å². The number of hydrogen-bond donors (Lipinski definition) is 0. The van der Waals surface area contributed by atoms with Crippen molar-refractivity contribution >= 4 is 17.1 Å². The maximum Gasteiger partial charge on any atom is 0.161 e. The molecule has 6 aromatic rings. The molecule has 3 aliphatic rings. The number of nitrogens with zero attached hydrogens (tertiary/aromatic N) is 3. The van der Waals surface area contributed by atoms with Crippen LogP contribution in [-0.4, -0.2) is 20.2 Å². The van der Waals surface area contributed by atoms with Gasteiger partial charge in [-0.2, -0.15) is 0 Å². The van der Waals surface area contributed by atoms with E-state index < -0.39 is 0 Å². The minimum Gasteiger partial charge on any atom is -0.473 e. The van der Waals surface area contributed by atoms with E-state index in [9.17, 15) is 0 Å². The molecule has 6 nitrogen and oxygen atoms in total. The first kappa shape index (κ1) is 35.3. The van der Waals surface area contributed by atoms with Gasteiger partial charge < -0.3 is 28.9 Å². The van der Waals surface area contributed by atoms with Gasteiger partial charge in [-0.05, 0) is 73.9 Å². The van der Waals surface area contributed by atoms with Crippen molar-refractivity contribution in [1.82, 2.24) is 0 Å². The lowest BCUT2D eigenvalue weighted by molar-refractivity contribution is 0.287. The smallest absolute Gasteiger partial charge is 0.161 e. The van der Waals surface area contributed by atoms with E-state index in [-0.39, 0.29) is 0 Å². The zero-order valence-electron chi connectivity index (χ0n) is 30.7. The second-order valence-electron chi connectivity index (χ2n) is 13.5. The second kappa shape index (κ2) is 16.9. The Bertz CT molecular complexity index is 2110. The van der Waals surface area contributed by atoms with Crippen LogP contribution in [0.25, 0.3) is 0 Å². The van der Waals surface area contributed by atoms with Gasteiger partial charge in [-0.1, -0.05) is 115 Å². The number of anilines is 3. The summed E-state index contributed by atoms with van der Waals surface area (Å²) in [7, 11) is 0. The minimum absolute atomic E-state index is 0.602. The number of benzene rings is 6. The third-order valence-corrected chi connectivity index (χ3v) is 9.66. The fourth-order valence-electron chi connectivity index (χ4n) is 6.80. The van der Waals surface area contributed by atoms with Crippen molar-refractivity contribution in [2.45, 2.75) is 39.9 Å². The molecule has 0 bridgehead atoms. The molecular formula is C47H47N3O3. The van der Waals surface area contributed by atoms with Gasteiger partial charge in [0.2, 0.25) is 0 Å². The average molecular weight is 702 g/mol. The number of hydrogen-bond acceptors (Lipinski definition) is 6. The average Bonchev–Trinajstić information content (AvgIpc) is 3.22. The summed E-state index contributed by atoms with van der Waals surface area (Å²) < 4.78 is 17.5. The van der Waals surface area contributed by atoms with E-state index in [1.807, 2.05) is 36.4 Å². The van der Waals surface area contributed by atoms with E-state index in [0.29, 0.717) is 20.2 Å². The molecule has 0 spiro atoms. The van der Waals surface area contributed by atoms with Crippen LogP contribution in [0.3, 0.4) is 0 Å². The van der Waals surface area contributed by atoms with Crippen LogP contribution in [0.1, 0.15) is 33.4 Å². The van der Waals surface area contributed by atoms with Crippen molar-refractivity contribution in [3.63, 3.8) is 0 Å². The Hall–Kier alpha value is -6.14. The fourth-order valence-corrected chi connectivity index (χ4v) is 6.80. The predicted molar refractivity (Wildman–Crippen MR) is 217 cm³/mol. The molecule has 0 amide bonds. The Labute approximate surface area is 314 Å². The third-order valence-electron chi connectivity index (χ3n) is 9.66. The van der Waals surface area contributed by atoms with E-state index in [2.05, 4.69) is 150 Å². The van der Waals surface area contributed by atoms with Crippen molar-refractivity contribution in [3.8, 4) is 17.2 Å². The largest absolute Gasteiger partial charge is 0.473 e. The highest BCUT2D eigenvalue weighted by molar-refractivity contribution is 5.55. The topological polar surface area (TPSA) is 37.4 Å². The van der Waals surface area contributed by atoms with E-state index in [4.69, 9.17) is 14.2 Å². The lowest BCUT2D eigenvalue weighted by Crippen LogP contribution is -2.32. The van der Waals surface area contributed by atoms with Crippen LogP contribution in [0.4, 0.5) is 17.1 Å². The number of allylic oxidation sites excluding steroid dienone is 1. The second-order valence-corrected chi connectivity index (χ2v) is 13.5. The Morgan fingerprint density at radius 2 is 1.04 bits per heavy atom. The van der Waals surface area contributed by atoms with Gasteiger partial charge in [0.05, 0.1) is 0 Å². The normalized spacial score (nSPS) is 13.9. The summed E-state index contributed by atoms with van der Waals surface area (Å²) in [6.07, 6.45) is 2.77. The summed E-state index contributed by atoms with van der Waals surface area (Å²) in [4.78, 5) is 6.74. The minimum atomic E-state index is 0.602. The molecule has 6 aromatic carbocycles. The Kier molecular flexibility index (Phi) is 11.3. The van der Waals surface area contributed by atoms with Crippen molar-refractivity contribution in [1.29, 1.82) is 0 Å². The Morgan fingerprint density at radius 3 is 1.72 bits per heavy atom. The van der Waals surface area contributed by atoms with Gasteiger partial charge in [0.15, 0.2) is 20.2 Å². The van der Waals surface area contributed by atoms with Crippen LogP contribution in [0.5, 0.6) is 17.2 Å². The molecule has 3 heterocycles. The molecule has 0 aliphatic carbocycles. The van der Waals surface area contributed by atoms with Gasteiger partial charge in [-0.3, -0.25) is 0 Å². The molecule has 6 heteroatoms. The van der Waals surface area contributed by atoms with E-state index in [1.165, 1.54) is 50.4 Å². The number of fused-ring (bicyclic) bond motifs is 3. The molecule has 0 unspecified atom stereocenters. The molecule has 0 N–H and O–H groups in total. The number of para-hydroxylation sites is 5. The standard InChI is InChI=1S/C17H17NO.2C15H15NO/c1-2-7-14-8-6-9-15-12-18(13-19-17(14)15)16-10-4-3-5-11-16;1-12-6-2-4-8-14(12)16-10-13-7-3-5-9-15(13)17-11-16;1-12-6-8-14(9-7-12)16-10-13-4-2-3-5-15(13)17-11-16/h2-6,8-11H,1,7,12-13H2;2*2-9H,10-11H2,1H3. The molecule has 0 radical (unpaired) electrons. The molecule has 0 fully saturated rings. The lowest BCUT2D eigenvalue weighted by Gasteiger charge is -2.31. The first-order chi connectivity index (χ1) is 26.1. The summed E-state index contributed by atoms with van der Waals surface area (Å²) in [5.41, 5.74) is 11.2. The third kappa shape index (κ3) is 8.67. The van der Waals surface area contributed by atoms with Gasteiger partial charge in [-0.15, -0.1) is 6.58 Å². The summed E-state index contributed by atoms with van der Waals surface area (Å²) in [6.45, 7) is 12.6. The van der Waals surface area contributed by atoms with Crippen molar-refractivity contribution < 1.29 is 14.2 Å². The van der Waals surface area contributed by atoms with Crippen molar-refractivity contribution in [2.24, 2.45) is 0 Å². The zero-order chi connectivity index (χ0) is 36.4. The van der Waals surface area contributed by atoms with E-state index in [1.54, 1.807) is 0 Å². The van der Waals surface area contributed by atoms with Crippen molar-refractivity contribution in [3.05, 3.63) is 192 Å². The number of ether oxygens (including phenoxy) is 3. The zero-order valence-corrected chi connectivity index (χ0v) is 30.7. The fraction of sp³-hybridized carbons (Fsp3) is 0.191. The summed E-state index contributed by atoms with van der Waals surface area (Å²) in [5.74, 6) is 3.06. The predicted octanol–water partition coefficient (Wildman–Crippen LogP) is 10.5. The molecule has 0 saturated heterocycles. The number of aryl methyl sites for hydroxylation is 2. The maximum atomic E-state index is 5.95. The van der Waals surface area contributed by atoms with Gasteiger partial charge in [0, 0.05) is 53.4 Å². The summed E-state index contributed by atoms with van der Waals surface area (Å²) in [6, 6.07) is 50.1. The van der Waals surface area contributed by atoms with Gasteiger partial charge in [0.1, 0.15) is 17.2 Å². The molecule has 0 atom stereocenters. The highest BCUT2D eigenvalue weighted by atomic mass is 16.5. The van der Waals surface area contributed by atoms with Crippen LogP contribution in [0, 0.1) is 13.8 Å². The van der Waals surface area contributed by atoms with Crippen LogP contribution < -0.4 is 28.9 Å². The molecular weight excluding hydrogens is 655 g/mol. The van der Waals surface area contributed by atoms with Gasteiger partial charge in [-0.25, -0.2) is 0 Å². The summed E-state index contributed by atoms with van der Waals surface area (Å²) in [5, 5.41) is 0. The van der Waals surface area contributed by atoms with Crippen LogP contribution in [-0.2, 0) is 26.1 Å². The first-order valence-corrected chi connectivity index (χ1v) is 18.2. The van der Waals surface area contributed by atoms with Gasteiger partial charge in [0.25, 0.3) is 0 Å². The van der Waals surface area contributed by atoms with E-state index in [0.717, 1.165) is 43.3 Å². The quantitative estimate of drug-likeness (QED) is 0.167. The molecule has 53 heavy (non-hydrogen) atoms. The first-order valence-electron chi connectivity index (χ1n) is 18.2. The molecule has 0 saturated carbocycles. The molecule has 0 aromatic heterocycles. The SMILES string of the molecule is C=CCc1cccc2c1OCN(c1ccccc1)C2.Cc1ccc(N2COc3ccccc3C2)cc1.Cc1ccccc1N1COc2ccccc2C1. The Morgan fingerprint density at radius 1 is 0.509 bits per heavy atom. The highest BCUT2D eigenvalue weighted by Gasteiger charge is 2.20. The van der Waals surface area contributed by atoms with Crippen molar-refractivity contribution in [2.75, 3.05) is 34.9 Å². The molecule has 3 aliphatic heterocycles. The number of rotatable bonds is 5. The monoisotopic (exact) mass is 701 g/mol. The van der Waals surface area contributed by atoms with Gasteiger partial charge >= 0.3 is 0 Å². The Balaban J connectivity index is 0.000000123. The van der Waals surface area contributed by atoms with Crippen LogP contribution >= 0.6 is 0 Å². The molecule has 268 valence electrons. The molecule has 9 rings (SSSR count). The maximum absolute atomic E-state index is 5.95.